The molecule has 1 unspecified atom stereocenters. The molecule has 5 atom stereocenters. The summed E-state index contributed by atoms with van der Waals surface area (Å²) in [4.78, 5) is 64.3. The Morgan fingerprint density at radius 2 is 1.27 bits per heavy atom. The van der Waals surface area contributed by atoms with Gasteiger partial charge < -0.3 is 31.1 Å². The monoisotopic (exact) mass is 560 g/mol. The number of aliphatic hydroxyl groups excluding tert-OH is 1. The smallest absolute Gasteiger partial charge is 0.245 e. The molecule has 4 amide bonds. The first-order valence-electron chi connectivity index (χ1n) is 13.8. The second-order valence-electron chi connectivity index (χ2n) is 11.5. The Bertz CT molecular complexity index is 1040. The van der Waals surface area contributed by atoms with Gasteiger partial charge in [-0.25, -0.2) is 0 Å². The van der Waals surface area contributed by atoms with E-state index in [1.54, 1.807) is 6.92 Å². The molecular formula is C29H44N4O7. The number of carbonyl (C=O) groups is 5. The average Bonchev–Trinajstić information content (AvgIpc) is 3.63. The summed E-state index contributed by atoms with van der Waals surface area (Å²) in [6, 6.07) is 5.05. The molecule has 0 bridgehead atoms. The van der Waals surface area contributed by atoms with Crippen LogP contribution < -0.4 is 21.3 Å². The molecule has 0 aliphatic carbocycles. The highest BCUT2D eigenvalue weighted by Crippen LogP contribution is 2.29. The minimum Gasteiger partial charge on any atom is -0.394 e. The lowest BCUT2D eigenvalue weighted by Gasteiger charge is -2.27. The minimum atomic E-state index is -1.22. The third-order valence-electron chi connectivity index (χ3n) is 6.57. The molecule has 1 fully saturated rings. The summed E-state index contributed by atoms with van der Waals surface area (Å²) in [5.41, 5.74) is -0.128. The summed E-state index contributed by atoms with van der Waals surface area (Å²) in [6.07, 6.45) is 0.815. The summed E-state index contributed by atoms with van der Waals surface area (Å²) < 4.78 is 5.33. The Kier molecular flexibility index (Phi) is 12.3. The van der Waals surface area contributed by atoms with Crippen molar-refractivity contribution in [2.75, 3.05) is 13.2 Å². The van der Waals surface area contributed by atoms with Crippen molar-refractivity contribution in [1.29, 1.82) is 0 Å². The fourth-order valence-corrected chi connectivity index (χ4v) is 4.34. The van der Waals surface area contributed by atoms with Crippen LogP contribution in [0.4, 0.5) is 0 Å². The number of carbonyl (C=O) groups excluding carboxylic acids is 5. The molecule has 222 valence electrons. The highest BCUT2D eigenvalue weighted by atomic mass is 16.6. The number of ketones is 1. The molecule has 40 heavy (non-hydrogen) atoms. The van der Waals surface area contributed by atoms with E-state index in [0.29, 0.717) is 13.0 Å². The number of aliphatic hydroxyl groups is 1. The molecule has 1 aliphatic rings. The molecule has 0 spiro atoms. The van der Waals surface area contributed by atoms with Crippen LogP contribution in [-0.2, 0) is 35.1 Å². The number of epoxide rings is 1. The van der Waals surface area contributed by atoms with Crippen LogP contribution in [0.2, 0.25) is 0 Å². The van der Waals surface area contributed by atoms with Gasteiger partial charge in [0.15, 0.2) is 5.78 Å². The van der Waals surface area contributed by atoms with E-state index in [-0.39, 0.29) is 30.5 Å². The van der Waals surface area contributed by atoms with Gasteiger partial charge in [-0.2, -0.15) is 0 Å². The van der Waals surface area contributed by atoms with Gasteiger partial charge in [-0.15, -0.1) is 0 Å². The lowest BCUT2D eigenvalue weighted by molar-refractivity contribution is -0.135. The van der Waals surface area contributed by atoms with Crippen molar-refractivity contribution in [2.24, 2.45) is 11.8 Å². The largest absolute Gasteiger partial charge is 0.394 e. The number of Topliss-reactive ketones (excluding diaryl/α,β-unsaturated/α-hetero) is 1. The van der Waals surface area contributed by atoms with Crippen LogP contribution >= 0.6 is 0 Å². The lowest BCUT2D eigenvalue weighted by atomic mass is 9.93. The molecule has 0 aromatic heterocycles. The van der Waals surface area contributed by atoms with E-state index < -0.39 is 60.0 Å². The van der Waals surface area contributed by atoms with E-state index in [2.05, 4.69) is 21.3 Å². The van der Waals surface area contributed by atoms with E-state index in [1.165, 1.54) is 6.92 Å². The van der Waals surface area contributed by atoms with Crippen molar-refractivity contribution in [2.45, 2.75) is 90.6 Å². The number of ether oxygens (including phenoxy) is 1. The normalized spacial score (nSPS) is 19.2. The van der Waals surface area contributed by atoms with Crippen molar-refractivity contribution in [3.8, 4) is 0 Å². The SMILES string of the molecule is CC(=O)N[C@@H](CO)C(=O)N[C@@H](CC(C)C)C(=O)NC(Cc1ccccc1)C(=O)N[C@@H](CC(C)C)C(=O)[C@@]1(C)CO1. The van der Waals surface area contributed by atoms with Gasteiger partial charge >= 0.3 is 0 Å². The van der Waals surface area contributed by atoms with Gasteiger partial charge in [0.1, 0.15) is 23.7 Å². The molecule has 11 nitrogen and oxygen atoms in total. The van der Waals surface area contributed by atoms with Crippen LogP contribution in [0.1, 0.15) is 59.9 Å². The fraction of sp³-hybridized carbons (Fsp3) is 0.621. The average molecular weight is 561 g/mol. The van der Waals surface area contributed by atoms with Gasteiger partial charge in [-0.3, -0.25) is 24.0 Å². The molecule has 1 saturated heterocycles. The Labute approximate surface area is 236 Å². The Balaban J connectivity index is 2.27. The maximum absolute atomic E-state index is 13.6. The molecule has 1 aliphatic heterocycles. The Morgan fingerprint density at radius 1 is 0.800 bits per heavy atom. The first-order valence-corrected chi connectivity index (χ1v) is 13.8. The number of rotatable bonds is 16. The van der Waals surface area contributed by atoms with Crippen LogP contribution in [-0.4, -0.2) is 77.5 Å². The Morgan fingerprint density at radius 3 is 1.77 bits per heavy atom. The second kappa shape index (κ2) is 14.9. The van der Waals surface area contributed by atoms with Crippen molar-refractivity contribution in [3.63, 3.8) is 0 Å². The standard InChI is InChI=1S/C29H44N4O7/c1-17(2)12-21(25(36)29(6)16-40-29)31-27(38)23(14-20-10-8-7-9-11-20)33-26(37)22(13-18(3)4)32-28(39)24(15-34)30-19(5)35/h7-11,17-18,21-24,34H,12-16H2,1-6H3,(H,30,35)(H,31,38)(H,32,39)(H,33,37)/t21-,22-,23?,24-,29+/m0/s1. The van der Waals surface area contributed by atoms with Crippen LogP contribution in [0.25, 0.3) is 0 Å². The van der Waals surface area contributed by atoms with Crippen molar-refractivity contribution < 1.29 is 33.8 Å². The topological polar surface area (TPSA) is 166 Å². The molecule has 5 N–H and O–H groups in total. The molecule has 1 heterocycles. The second-order valence-corrected chi connectivity index (χ2v) is 11.5. The maximum atomic E-state index is 13.6. The van der Waals surface area contributed by atoms with E-state index in [0.717, 1.165) is 5.56 Å². The number of hydrogen-bond donors (Lipinski definition) is 5. The Hall–Kier alpha value is -3.31. The fourth-order valence-electron chi connectivity index (χ4n) is 4.34. The minimum absolute atomic E-state index is 0.00174. The van der Waals surface area contributed by atoms with E-state index in [9.17, 15) is 29.1 Å². The van der Waals surface area contributed by atoms with Gasteiger partial charge in [0, 0.05) is 13.3 Å². The summed E-state index contributed by atoms with van der Waals surface area (Å²) >= 11 is 0. The summed E-state index contributed by atoms with van der Waals surface area (Å²) in [5.74, 6) is -2.44. The summed E-state index contributed by atoms with van der Waals surface area (Å²) in [5, 5.41) is 20.1. The number of nitrogens with one attached hydrogen (secondary N) is 4. The van der Waals surface area contributed by atoms with Crippen LogP contribution in [0.5, 0.6) is 0 Å². The summed E-state index contributed by atoms with van der Waals surface area (Å²) in [6.45, 7) is 10.2. The van der Waals surface area contributed by atoms with Gasteiger partial charge in [0.25, 0.3) is 0 Å². The van der Waals surface area contributed by atoms with Gasteiger partial charge in [-0.1, -0.05) is 58.0 Å². The highest BCUT2D eigenvalue weighted by Gasteiger charge is 2.50. The quantitative estimate of drug-likeness (QED) is 0.185. The number of amides is 4. The predicted octanol–water partition coefficient (Wildman–Crippen LogP) is 0.631. The maximum Gasteiger partial charge on any atom is 0.245 e. The van der Waals surface area contributed by atoms with Crippen molar-refractivity contribution >= 4 is 29.4 Å². The van der Waals surface area contributed by atoms with Crippen LogP contribution in [0.3, 0.4) is 0 Å². The molecule has 11 heteroatoms. The molecule has 0 saturated carbocycles. The van der Waals surface area contributed by atoms with E-state index >= 15 is 0 Å². The van der Waals surface area contributed by atoms with Crippen molar-refractivity contribution in [3.05, 3.63) is 35.9 Å². The van der Waals surface area contributed by atoms with E-state index in [1.807, 2.05) is 58.0 Å². The van der Waals surface area contributed by atoms with Crippen molar-refractivity contribution in [1.82, 2.24) is 21.3 Å². The van der Waals surface area contributed by atoms with Gasteiger partial charge in [0.05, 0.1) is 19.3 Å². The zero-order valence-corrected chi connectivity index (χ0v) is 24.3. The van der Waals surface area contributed by atoms with E-state index in [4.69, 9.17) is 4.74 Å². The predicted molar refractivity (Wildman–Crippen MR) is 149 cm³/mol. The molecule has 1 aromatic rings. The number of hydrogen-bond acceptors (Lipinski definition) is 7. The summed E-state index contributed by atoms with van der Waals surface area (Å²) in [7, 11) is 0. The highest BCUT2D eigenvalue weighted by molar-refractivity contribution is 5.98. The third-order valence-corrected chi connectivity index (χ3v) is 6.57. The molecule has 0 radical (unpaired) electrons. The van der Waals surface area contributed by atoms with Gasteiger partial charge in [-0.05, 0) is 37.2 Å². The molecule has 2 rings (SSSR count). The molecular weight excluding hydrogens is 516 g/mol. The number of benzene rings is 1. The lowest BCUT2D eigenvalue weighted by Crippen LogP contribution is -2.59. The zero-order chi connectivity index (χ0) is 30.0. The first kappa shape index (κ1) is 32.9. The third kappa shape index (κ3) is 10.3. The van der Waals surface area contributed by atoms with Crippen LogP contribution in [0, 0.1) is 11.8 Å². The zero-order valence-electron chi connectivity index (χ0n) is 24.3. The van der Waals surface area contributed by atoms with Crippen LogP contribution in [0.15, 0.2) is 30.3 Å². The van der Waals surface area contributed by atoms with Gasteiger partial charge in [0.2, 0.25) is 23.6 Å². The molecule has 1 aromatic carbocycles. The first-order chi connectivity index (χ1) is 18.7.